The Kier molecular flexibility index (Phi) is 2.17. The molecule has 78 valence electrons. The highest BCUT2D eigenvalue weighted by Crippen LogP contribution is 2.58. The molecular weight excluding hydrogens is 176 g/mol. The fraction of sp³-hybridized carbons (Fsp3) is 0.750. The first kappa shape index (κ1) is 9.75. The number of fused-ring (bicyclic) bond motifs is 2. The fourth-order valence-corrected chi connectivity index (χ4v) is 3.17. The Hall–Kier alpha value is -0.790. The van der Waals surface area contributed by atoms with Gasteiger partial charge in [-0.2, -0.15) is 0 Å². The van der Waals surface area contributed by atoms with Gasteiger partial charge < -0.3 is 4.74 Å². The lowest BCUT2D eigenvalue weighted by Gasteiger charge is -2.32. The average Bonchev–Trinajstić information content (AvgIpc) is 2.68. The molecule has 0 unspecified atom stereocenters. The van der Waals surface area contributed by atoms with Crippen molar-refractivity contribution in [1.82, 2.24) is 0 Å². The number of carbonyl (C=O) groups is 1. The smallest absolute Gasteiger partial charge is 0.330 e. The van der Waals surface area contributed by atoms with Crippen molar-refractivity contribution in [3.63, 3.8) is 0 Å². The van der Waals surface area contributed by atoms with Gasteiger partial charge in [-0.3, -0.25) is 0 Å². The maximum atomic E-state index is 11.2. The topological polar surface area (TPSA) is 26.3 Å². The van der Waals surface area contributed by atoms with Crippen LogP contribution in [0.2, 0.25) is 0 Å². The molecule has 0 N–H and O–H groups in total. The molecule has 0 heterocycles. The van der Waals surface area contributed by atoms with E-state index in [9.17, 15) is 4.79 Å². The van der Waals surface area contributed by atoms with Gasteiger partial charge in [0, 0.05) is 6.08 Å². The molecule has 2 atom stereocenters. The minimum Gasteiger partial charge on any atom is -0.466 e. The van der Waals surface area contributed by atoms with E-state index in [0.29, 0.717) is 5.92 Å². The highest BCUT2D eigenvalue weighted by atomic mass is 16.5. The molecule has 2 saturated carbocycles. The molecular formula is C12H18O2. The van der Waals surface area contributed by atoms with Crippen LogP contribution in [0, 0.1) is 17.3 Å². The van der Waals surface area contributed by atoms with Crippen LogP contribution in [-0.4, -0.2) is 13.1 Å². The van der Waals surface area contributed by atoms with E-state index >= 15 is 0 Å². The van der Waals surface area contributed by atoms with Crippen LogP contribution in [0.5, 0.6) is 0 Å². The molecule has 0 aromatic heterocycles. The van der Waals surface area contributed by atoms with Gasteiger partial charge in [-0.25, -0.2) is 4.79 Å². The fourth-order valence-electron chi connectivity index (χ4n) is 3.17. The quantitative estimate of drug-likeness (QED) is 0.473. The van der Waals surface area contributed by atoms with Crippen LogP contribution in [-0.2, 0) is 9.53 Å². The molecule has 0 aliphatic heterocycles. The van der Waals surface area contributed by atoms with Crippen molar-refractivity contribution in [3.8, 4) is 0 Å². The zero-order chi connectivity index (χ0) is 10.3. The second-order valence-electron chi connectivity index (χ2n) is 5.05. The van der Waals surface area contributed by atoms with Crippen molar-refractivity contribution < 1.29 is 9.53 Å². The molecule has 0 spiro atoms. The highest BCUT2D eigenvalue weighted by Gasteiger charge is 2.48. The van der Waals surface area contributed by atoms with E-state index in [1.807, 2.05) is 0 Å². The van der Waals surface area contributed by atoms with Crippen LogP contribution in [0.3, 0.4) is 0 Å². The Morgan fingerprint density at radius 1 is 1.50 bits per heavy atom. The largest absolute Gasteiger partial charge is 0.466 e. The molecule has 2 rings (SSSR count). The number of ether oxygens (including phenoxy) is 1. The first-order chi connectivity index (χ1) is 6.55. The van der Waals surface area contributed by atoms with E-state index in [2.05, 4.69) is 13.8 Å². The lowest BCUT2D eigenvalue weighted by molar-refractivity contribution is -0.135. The molecule has 2 aliphatic carbocycles. The van der Waals surface area contributed by atoms with Gasteiger partial charge in [0.2, 0.25) is 0 Å². The molecule has 2 heteroatoms. The third-order valence-corrected chi connectivity index (χ3v) is 4.11. The third-order valence-electron chi connectivity index (χ3n) is 4.11. The Bertz CT molecular complexity index is 289. The lowest BCUT2D eigenvalue weighted by Crippen LogP contribution is -2.23. The average molecular weight is 194 g/mol. The van der Waals surface area contributed by atoms with Crippen LogP contribution in [0.1, 0.15) is 33.1 Å². The summed E-state index contributed by atoms with van der Waals surface area (Å²) in [6.45, 7) is 4.51. The SMILES string of the molecule is COC(=O)C=C1[C@H]2CC[C@H](C2)C1(C)C. The number of allylic oxidation sites excluding steroid dienone is 1. The number of esters is 1. The number of rotatable bonds is 1. The van der Waals surface area contributed by atoms with Crippen LogP contribution in [0.15, 0.2) is 11.6 Å². The second kappa shape index (κ2) is 3.11. The Morgan fingerprint density at radius 2 is 2.21 bits per heavy atom. The standard InChI is InChI=1S/C12H18O2/c1-12(2)9-5-4-8(6-9)10(12)7-11(13)14-3/h7-9H,4-6H2,1-3H3/t8-,9+/m0/s1. The van der Waals surface area contributed by atoms with E-state index in [0.717, 1.165) is 5.92 Å². The zero-order valence-electron chi connectivity index (χ0n) is 9.17. The van der Waals surface area contributed by atoms with Crippen molar-refractivity contribution in [2.24, 2.45) is 17.3 Å². The predicted octanol–water partition coefficient (Wildman–Crippen LogP) is 2.54. The van der Waals surface area contributed by atoms with E-state index < -0.39 is 0 Å². The monoisotopic (exact) mass is 194 g/mol. The van der Waals surface area contributed by atoms with Gasteiger partial charge in [-0.05, 0) is 36.5 Å². The van der Waals surface area contributed by atoms with Gasteiger partial charge in [0.15, 0.2) is 0 Å². The first-order valence-corrected chi connectivity index (χ1v) is 5.35. The molecule has 2 bridgehead atoms. The third kappa shape index (κ3) is 1.28. The summed E-state index contributed by atoms with van der Waals surface area (Å²) >= 11 is 0. The summed E-state index contributed by atoms with van der Waals surface area (Å²) in [5.41, 5.74) is 1.54. The number of hydrogen-bond donors (Lipinski definition) is 0. The molecule has 0 amide bonds. The van der Waals surface area contributed by atoms with Crippen molar-refractivity contribution in [3.05, 3.63) is 11.6 Å². The van der Waals surface area contributed by atoms with E-state index in [4.69, 9.17) is 4.74 Å². The molecule has 2 nitrogen and oxygen atoms in total. The molecule has 2 fully saturated rings. The van der Waals surface area contributed by atoms with E-state index in [1.165, 1.54) is 31.9 Å². The Morgan fingerprint density at radius 3 is 2.71 bits per heavy atom. The summed E-state index contributed by atoms with van der Waals surface area (Å²) < 4.78 is 4.70. The van der Waals surface area contributed by atoms with Crippen molar-refractivity contribution in [2.75, 3.05) is 7.11 Å². The summed E-state index contributed by atoms with van der Waals surface area (Å²) in [4.78, 5) is 11.2. The number of carbonyl (C=O) groups excluding carboxylic acids is 1. The van der Waals surface area contributed by atoms with Crippen LogP contribution < -0.4 is 0 Å². The summed E-state index contributed by atoms with van der Waals surface area (Å²) in [7, 11) is 1.44. The van der Waals surface area contributed by atoms with E-state index in [1.54, 1.807) is 6.08 Å². The molecule has 0 radical (unpaired) electrons. The second-order valence-corrected chi connectivity index (χ2v) is 5.05. The van der Waals surface area contributed by atoms with Gasteiger partial charge in [0.05, 0.1) is 7.11 Å². The minimum absolute atomic E-state index is 0.194. The van der Waals surface area contributed by atoms with Gasteiger partial charge in [0.25, 0.3) is 0 Å². The number of methoxy groups -OCH3 is 1. The normalized spacial score (nSPS) is 36.4. The lowest BCUT2D eigenvalue weighted by atomic mass is 9.73. The Balaban J connectivity index is 2.27. The van der Waals surface area contributed by atoms with Crippen LogP contribution in [0.25, 0.3) is 0 Å². The number of hydrogen-bond acceptors (Lipinski definition) is 2. The van der Waals surface area contributed by atoms with Crippen molar-refractivity contribution >= 4 is 5.97 Å². The summed E-state index contributed by atoms with van der Waals surface area (Å²) in [6, 6.07) is 0. The molecule has 2 aliphatic rings. The van der Waals surface area contributed by atoms with Crippen LogP contribution in [0.4, 0.5) is 0 Å². The van der Waals surface area contributed by atoms with Crippen LogP contribution >= 0.6 is 0 Å². The maximum absolute atomic E-state index is 11.2. The first-order valence-electron chi connectivity index (χ1n) is 5.35. The molecule has 14 heavy (non-hydrogen) atoms. The van der Waals surface area contributed by atoms with Crippen molar-refractivity contribution in [1.29, 1.82) is 0 Å². The highest BCUT2D eigenvalue weighted by molar-refractivity contribution is 5.83. The summed E-state index contributed by atoms with van der Waals surface area (Å²) in [5, 5.41) is 0. The van der Waals surface area contributed by atoms with Gasteiger partial charge >= 0.3 is 5.97 Å². The molecule has 0 aromatic carbocycles. The summed E-state index contributed by atoms with van der Waals surface area (Å²) in [5.74, 6) is 1.23. The summed E-state index contributed by atoms with van der Waals surface area (Å²) in [6.07, 6.45) is 5.59. The van der Waals surface area contributed by atoms with Gasteiger partial charge in [-0.15, -0.1) is 0 Å². The van der Waals surface area contributed by atoms with E-state index in [-0.39, 0.29) is 11.4 Å². The van der Waals surface area contributed by atoms with Crippen molar-refractivity contribution in [2.45, 2.75) is 33.1 Å². The minimum atomic E-state index is -0.194. The molecule has 0 aromatic rings. The van der Waals surface area contributed by atoms with Gasteiger partial charge in [0.1, 0.15) is 0 Å². The molecule has 0 saturated heterocycles. The Labute approximate surface area is 85.3 Å². The zero-order valence-corrected chi connectivity index (χ0v) is 9.17. The maximum Gasteiger partial charge on any atom is 0.330 e. The predicted molar refractivity (Wildman–Crippen MR) is 54.7 cm³/mol. The van der Waals surface area contributed by atoms with Gasteiger partial charge in [-0.1, -0.05) is 19.4 Å².